The molecule has 0 aromatic carbocycles. The molecule has 0 rings (SSSR count). The molecular weight excluding hydrogens is 1310 g/mol. The Labute approximate surface area is 609 Å². The zero-order chi connectivity index (χ0) is 73.2. The molecule has 19 heteroatoms. The molecule has 100 heavy (non-hydrogen) atoms. The molecule has 0 aliphatic rings. The van der Waals surface area contributed by atoms with Gasteiger partial charge in [-0.2, -0.15) is 0 Å². The highest BCUT2D eigenvalue weighted by Gasteiger charge is 2.30. The van der Waals surface area contributed by atoms with Crippen LogP contribution in [0.2, 0.25) is 0 Å². The highest BCUT2D eigenvalue weighted by molar-refractivity contribution is 7.47. The maximum atomic E-state index is 13.1. The molecule has 0 spiro atoms. The van der Waals surface area contributed by atoms with E-state index in [4.69, 9.17) is 37.0 Å². The lowest BCUT2D eigenvalue weighted by Crippen LogP contribution is -2.30. The lowest BCUT2D eigenvalue weighted by Gasteiger charge is -2.21. The molecule has 17 nitrogen and oxygen atoms in total. The Hall–Kier alpha value is -3.50. The normalized spacial score (nSPS) is 14.3. The fraction of sp³-hybridized carbons (Fsp3) is 0.802. The predicted molar refractivity (Wildman–Crippen MR) is 409 cm³/mol. The Morgan fingerprint density at radius 2 is 0.490 bits per heavy atom. The fourth-order valence-corrected chi connectivity index (χ4v) is 12.5. The minimum Gasteiger partial charge on any atom is -0.462 e. The molecular formula is C81H146O17P2. The molecule has 0 aromatic heterocycles. The SMILES string of the molecule is CCCCCC/C=C\C=C/CCCCCCCC(=O)OC[C@H](COP(=O)(O)OC[C@H](O)COP(=O)(O)OC[C@@H](COC(=O)CCCCCCC/C=C\CCCCCCCC)OC(=O)CCCCCCC/C=C\C=C/CCCCCC)OC(=O)CCCCCCC/C=C\CCCCCCCC. The van der Waals surface area contributed by atoms with Crippen molar-refractivity contribution in [2.45, 2.75) is 380 Å². The third kappa shape index (κ3) is 72.8. The molecule has 3 N–H and O–H groups in total. The first-order valence-corrected chi connectivity index (χ1v) is 43.2. The quantitative estimate of drug-likeness (QED) is 0.0128. The van der Waals surface area contributed by atoms with Crippen molar-refractivity contribution in [2.24, 2.45) is 0 Å². The van der Waals surface area contributed by atoms with Gasteiger partial charge in [0, 0.05) is 25.7 Å². The molecule has 0 aromatic rings. The van der Waals surface area contributed by atoms with Gasteiger partial charge in [0.05, 0.1) is 26.4 Å². The average Bonchev–Trinajstić information content (AvgIpc) is 1.01. The summed E-state index contributed by atoms with van der Waals surface area (Å²) >= 11 is 0. The van der Waals surface area contributed by atoms with Gasteiger partial charge in [-0.25, -0.2) is 9.13 Å². The number of ether oxygens (including phenoxy) is 4. The average molecular weight is 1450 g/mol. The molecule has 0 aliphatic heterocycles. The van der Waals surface area contributed by atoms with Crippen molar-refractivity contribution >= 4 is 39.5 Å². The molecule has 0 fully saturated rings. The predicted octanol–water partition coefficient (Wildman–Crippen LogP) is 23.2. The zero-order valence-electron chi connectivity index (χ0n) is 63.6. The Morgan fingerprint density at radius 3 is 0.760 bits per heavy atom. The van der Waals surface area contributed by atoms with Crippen molar-refractivity contribution in [3.8, 4) is 0 Å². The number of carbonyl (C=O) groups is 4. The Morgan fingerprint density at radius 1 is 0.280 bits per heavy atom. The second kappa shape index (κ2) is 73.8. The van der Waals surface area contributed by atoms with E-state index in [1.807, 2.05) is 0 Å². The summed E-state index contributed by atoms with van der Waals surface area (Å²) in [5.41, 5.74) is 0. The van der Waals surface area contributed by atoms with Gasteiger partial charge in [0.15, 0.2) is 12.2 Å². The maximum Gasteiger partial charge on any atom is 0.472 e. The van der Waals surface area contributed by atoms with Crippen LogP contribution in [0.15, 0.2) is 72.9 Å². The van der Waals surface area contributed by atoms with E-state index < -0.39 is 97.5 Å². The summed E-state index contributed by atoms with van der Waals surface area (Å²) in [6.45, 7) is 4.83. The second-order valence-corrected chi connectivity index (χ2v) is 30.0. The standard InChI is InChI=1S/C81H146O17P2/c1-5-9-13-17-21-25-29-33-37-41-45-49-53-57-61-65-78(83)91-71-76(97-80(85)67-63-59-55-51-47-43-39-35-31-27-23-19-15-11-7-3)73-95-99(87,88)93-69-75(82)70-94-100(89,90)96-74-77(98-81(86)68-64-60-56-52-48-44-40-36-32-28-24-20-16-12-8-4)72-92-79(84)66-62-58-54-50-46-42-38-34-30-26-22-18-14-10-6-2/h25,28-29,32-40,75-77,82H,5-24,26-27,30-31,41-74H2,1-4H3,(H,87,88)(H,89,90)/b29-25-,32-28-,37-33-,38-34-,39-35-,40-36-/t75-,76+,77+/m0/s1. The number of phosphoric acid groups is 2. The maximum absolute atomic E-state index is 13.1. The molecule has 0 heterocycles. The van der Waals surface area contributed by atoms with Gasteiger partial charge in [0.1, 0.15) is 19.3 Å². The third-order valence-corrected chi connectivity index (χ3v) is 19.1. The summed E-state index contributed by atoms with van der Waals surface area (Å²) in [4.78, 5) is 73.0. The van der Waals surface area contributed by atoms with Gasteiger partial charge in [-0.1, -0.05) is 280 Å². The van der Waals surface area contributed by atoms with Gasteiger partial charge < -0.3 is 33.8 Å². The number of allylic oxidation sites excluding steroid dienone is 12. The van der Waals surface area contributed by atoms with Gasteiger partial charge >= 0.3 is 39.5 Å². The zero-order valence-corrected chi connectivity index (χ0v) is 65.4. The summed E-state index contributed by atoms with van der Waals surface area (Å²) in [5.74, 6) is -2.20. The van der Waals surface area contributed by atoms with Crippen LogP contribution in [0.25, 0.3) is 0 Å². The summed E-state index contributed by atoms with van der Waals surface area (Å²) in [6.07, 6.45) is 74.4. The third-order valence-electron chi connectivity index (χ3n) is 17.2. The van der Waals surface area contributed by atoms with E-state index in [1.54, 1.807) is 0 Å². The lowest BCUT2D eigenvalue weighted by molar-refractivity contribution is -0.161. The number of aliphatic hydroxyl groups is 1. The first kappa shape index (κ1) is 96.5. The van der Waals surface area contributed by atoms with E-state index in [0.29, 0.717) is 25.7 Å². The summed E-state index contributed by atoms with van der Waals surface area (Å²) < 4.78 is 68.6. The van der Waals surface area contributed by atoms with E-state index in [2.05, 4.69) is 101 Å². The van der Waals surface area contributed by atoms with Crippen molar-refractivity contribution in [3.63, 3.8) is 0 Å². The van der Waals surface area contributed by atoms with Crippen LogP contribution in [-0.2, 0) is 65.4 Å². The van der Waals surface area contributed by atoms with Crippen molar-refractivity contribution in [3.05, 3.63) is 72.9 Å². The molecule has 2 unspecified atom stereocenters. The highest BCUT2D eigenvalue weighted by atomic mass is 31.2. The Balaban J connectivity index is 5.37. The smallest absolute Gasteiger partial charge is 0.462 e. The molecule has 0 bridgehead atoms. The number of esters is 4. The van der Waals surface area contributed by atoms with Gasteiger partial charge in [0.2, 0.25) is 0 Å². The number of phosphoric ester groups is 2. The second-order valence-electron chi connectivity index (χ2n) is 27.1. The topological polar surface area (TPSA) is 237 Å². The van der Waals surface area contributed by atoms with E-state index in [0.717, 1.165) is 154 Å². The summed E-state index contributed by atoms with van der Waals surface area (Å²) in [6, 6.07) is 0. The van der Waals surface area contributed by atoms with Gasteiger partial charge in [-0.3, -0.25) is 37.3 Å². The van der Waals surface area contributed by atoms with Crippen molar-refractivity contribution in [2.75, 3.05) is 39.6 Å². The number of unbranched alkanes of at least 4 members (excludes halogenated alkanes) is 40. The van der Waals surface area contributed by atoms with Crippen LogP contribution in [-0.4, -0.2) is 96.7 Å². The van der Waals surface area contributed by atoms with Crippen LogP contribution in [0.4, 0.5) is 0 Å². The number of rotatable bonds is 76. The fourth-order valence-electron chi connectivity index (χ4n) is 11.0. The van der Waals surface area contributed by atoms with Crippen LogP contribution < -0.4 is 0 Å². The van der Waals surface area contributed by atoms with E-state index in [1.165, 1.54) is 128 Å². The van der Waals surface area contributed by atoms with Crippen molar-refractivity contribution in [1.29, 1.82) is 0 Å². The highest BCUT2D eigenvalue weighted by Crippen LogP contribution is 2.45. The number of carbonyl (C=O) groups excluding carboxylic acids is 4. The van der Waals surface area contributed by atoms with E-state index >= 15 is 0 Å². The Bertz CT molecular complexity index is 2180. The summed E-state index contributed by atoms with van der Waals surface area (Å²) in [7, 11) is -9.96. The van der Waals surface area contributed by atoms with E-state index in [9.17, 15) is 43.2 Å². The van der Waals surface area contributed by atoms with Crippen LogP contribution in [0.5, 0.6) is 0 Å². The molecule has 0 saturated carbocycles. The largest absolute Gasteiger partial charge is 0.472 e. The molecule has 582 valence electrons. The van der Waals surface area contributed by atoms with Gasteiger partial charge in [-0.15, -0.1) is 0 Å². The minimum absolute atomic E-state index is 0.0781. The van der Waals surface area contributed by atoms with E-state index in [-0.39, 0.29) is 25.7 Å². The molecule has 0 amide bonds. The number of hydrogen-bond acceptors (Lipinski definition) is 15. The van der Waals surface area contributed by atoms with Crippen molar-refractivity contribution in [1.82, 2.24) is 0 Å². The molecule has 5 atom stereocenters. The first-order chi connectivity index (χ1) is 48.7. The molecule has 0 aliphatic carbocycles. The number of hydrogen-bond donors (Lipinski definition) is 3. The number of aliphatic hydroxyl groups excluding tert-OH is 1. The molecule has 0 saturated heterocycles. The van der Waals surface area contributed by atoms with Crippen LogP contribution in [0.3, 0.4) is 0 Å². The van der Waals surface area contributed by atoms with Crippen LogP contribution >= 0.6 is 15.6 Å². The molecule has 0 radical (unpaired) electrons. The monoisotopic (exact) mass is 1450 g/mol. The lowest BCUT2D eigenvalue weighted by atomic mass is 10.1. The minimum atomic E-state index is -4.98. The van der Waals surface area contributed by atoms with Crippen molar-refractivity contribution < 1.29 is 80.2 Å². The summed E-state index contributed by atoms with van der Waals surface area (Å²) in [5, 5.41) is 10.6. The van der Waals surface area contributed by atoms with Gasteiger partial charge in [0.25, 0.3) is 0 Å². The Kier molecular flexibility index (Phi) is 71.2. The van der Waals surface area contributed by atoms with Crippen LogP contribution in [0, 0.1) is 0 Å². The first-order valence-electron chi connectivity index (χ1n) is 40.2. The van der Waals surface area contributed by atoms with Crippen LogP contribution in [0.1, 0.15) is 362 Å². The van der Waals surface area contributed by atoms with Gasteiger partial charge in [-0.05, 0) is 128 Å².